The van der Waals surface area contributed by atoms with Crippen molar-refractivity contribution in [3.05, 3.63) is 70.5 Å². The Morgan fingerprint density at radius 1 is 1.05 bits per heavy atom. The van der Waals surface area contributed by atoms with Crippen LogP contribution in [0.15, 0.2) is 42.5 Å². The Balaban J connectivity index is 1.99. The fourth-order valence-electron chi connectivity index (χ4n) is 3.04. The van der Waals surface area contributed by atoms with E-state index in [-0.39, 0.29) is 16.6 Å². The fraction of sp³-hybridized carbons (Fsp3) is 0.333. The molecule has 2 aromatic rings. The molecule has 1 fully saturated rings. The van der Waals surface area contributed by atoms with Gasteiger partial charge in [0, 0.05) is 5.41 Å². The number of hydrogen-bond acceptors (Lipinski definition) is 0. The summed E-state index contributed by atoms with van der Waals surface area (Å²) < 4.78 is 13.8. The highest BCUT2D eigenvalue weighted by molar-refractivity contribution is 6.22. The molecule has 0 spiro atoms. The van der Waals surface area contributed by atoms with Crippen LogP contribution in [0.2, 0.25) is 0 Å². The van der Waals surface area contributed by atoms with Crippen molar-refractivity contribution >= 4 is 11.6 Å². The Hall–Kier alpha value is -1.34. The molecule has 2 heteroatoms. The zero-order valence-electron chi connectivity index (χ0n) is 11.8. The summed E-state index contributed by atoms with van der Waals surface area (Å²) in [5.74, 6) is -0.123. The second kappa shape index (κ2) is 4.89. The molecule has 0 heterocycles. The van der Waals surface area contributed by atoms with E-state index in [0.29, 0.717) is 11.1 Å². The summed E-state index contributed by atoms with van der Waals surface area (Å²) in [5, 5.41) is -0.0945. The molecule has 1 aliphatic carbocycles. The molecule has 0 saturated heterocycles. The van der Waals surface area contributed by atoms with E-state index >= 15 is 0 Å². The lowest BCUT2D eigenvalue weighted by Gasteiger charge is -2.23. The van der Waals surface area contributed by atoms with Crippen molar-refractivity contribution in [2.45, 2.75) is 37.5 Å². The molecule has 1 aliphatic rings. The molecule has 1 atom stereocenters. The second-order valence-corrected chi connectivity index (χ2v) is 6.29. The maximum Gasteiger partial charge on any atom is 0.129 e. The molecule has 1 unspecified atom stereocenters. The molecule has 3 rings (SSSR count). The average molecular weight is 289 g/mol. The van der Waals surface area contributed by atoms with Crippen LogP contribution in [-0.4, -0.2) is 0 Å². The van der Waals surface area contributed by atoms with Crippen LogP contribution in [0.4, 0.5) is 4.39 Å². The molecular formula is C18H18ClF. The molecule has 20 heavy (non-hydrogen) atoms. The van der Waals surface area contributed by atoms with Gasteiger partial charge in [-0.1, -0.05) is 42.5 Å². The monoisotopic (exact) mass is 288 g/mol. The van der Waals surface area contributed by atoms with Gasteiger partial charge in [0.15, 0.2) is 0 Å². The van der Waals surface area contributed by atoms with Gasteiger partial charge in [0.2, 0.25) is 0 Å². The molecule has 0 nitrogen and oxygen atoms in total. The zero-order valence-corrected chi connectivity index (χ0v) is 12.5. The van der Waals surface area contributed by atoms with Gasteiger partial charge in [-0.05, 0) is 48.9 Å². The predicted molar refractivity (Wildman–Crippen MR) is 81.8 cm³/mol. The van der Waals surface area contributed by atoms with E-state index < -0.39 is 0 Å². The molecular weight excluding hydrogens is 271 g/mol. The smallest absolute Gasteiger partial charge is 0.129 e. The Labute approximate surface area is 124 Å². The van der Waals surface area contributed by atoms with Gasteiger partial charge < -0.3 is 0 Å². The van der Waals surface area contributed by atoms with Crippen LogP contribution in [0.1, 0.15) is 40.5 Å². The fourth-order valence-corrected chi connectivity index (χ4v) is 3.51. The zero-order chi connectivity index (χ0) is 14.3. The molecule has 0 aliphatic heterocycles. The summed E-state index contributed by atoms with van der Waals surface area (Å²) in [4.78, 5) is 0. The van der Waals surface area contributed by atoms with Crippen molar-refractivity contribution in [3.8, 4) is 0 Å². The lowest BCUT2D eigenvalue weighted by molar-refractivity contribution is 0.604. The van der Waals surface area contributed by atoms with Crippen LogP contribution in [0.25, 0.3) is 0 Å². The van der Waals surface area contributed by atoms with E-state index in [1.54, 1.807) is 13.8 Å². The van der Waals surface area contributed by atoms with Gasteiger partial charge in [-0.25, -0.2) is 4.39 Å². The molecule has 0 N–H and O–H groups in total. The summed E-state index contributed by atoms with van der Waals surface area (Å²) in [7, 11) is 0. The molecule has 1 saturated carbocycles. The highest BCUT2D eigenvalue weighted by atomic mass is 35.5. The third kappa shape index (κ3) is 2.14. The Morgan fingerprint density at radius 3 is 2.10 bits per heavy atom. The van der Waals surface area contributed by atoms with Crippen molar-refractivity contribution < 1.29 is 4.39 Å². The first-order valence-corrected chi connectivity index (χ1v) is 7.44. The average Bonchev–Trinajstić information content (AvgIpc) is 3.26. The molecule has 0 amide bonds. The van der Waals surface area contributed by atoms with Crippen molar-refractivity contribution in [1.82, 2.24) is 0 Å². The van der Waals surface area contributed by atoms with E-state index in [1.807, 2.05) is 18.2 Å². The summed E-state index contributed by atoms with van der Waals surface area (Å²) in [5.41, 5.74) is 3.70. The minimum atomic E-state index is -0.123. The van der Waals surface area contributed by atoms with Gasteiger partial charge in [0.25, 0.3) is 0 Å². The highest BCUT2D eigenvalue weighted by Crippen LogP contribution is 2.59. The van der Waals surface area contributed by atoms with Crippen molar-refractivity contribution in [1.29, 1.82) is 0 Å². The number of halogens is 2. The largest absolute Gasteiger partial charge is 0.206 e. The van der Waals surface area contributed by atoms with E-state index in [2.05, 4.69) is 24.3 Å². The van der Waals surface area contributed by atoms with Gasteiger partial charge in [0.05, 0.1) is 5.38 Å². The predicted octanol–water partition coefficient (Wildman–Crippen LogP) is 5.45. The lowest BCUT2D eigenvalue weighted by atomic mass is 9.87. The topological polar surface area (TPSA) is 0 Å². The van der Waals surface area contributed by atoms with Crippen LogP contribution in [0.3, 0.4) is 0 Å². The number of hydrogen-bond donors (Lipinski definition) is 0. The number of aryl methyl sites for hydroxylation is 2. The van der Waals surface area contributed by atoms with E-state index in [9.17, 15) is 4.39 Å². The highest BCUT2D eigenvalue weighted by Gasteiger charge is 2.50. The lowest BCUT2D eigenvalue weighted by Crippen LogP contribution is -2.14. The number of alkyl halides is 1. The van der Waals surface area contributed by atoms with Gasteiger partial charge in [-0.2, -0.15) is 0 Å². The number of benzene rings is 2. The standard InChI is InChI=1S/C18H18ClF/c1-12-10-14(11-13(2)16(12)20)17(19)18(8-9-18)15-6-4-3-5-7-15/h3-7,10-11,17H,8-9H2,1-2H3. The normalized spacial score (nSPS) is 17.8. The first-order chi connectivity index (χ1) is 9.54. The Kier molecular flexibility index (Phi) is 3.33. The van der Waals surface area contributed by atoms with Crippen molar-refractivity contribution in [3.63, 3.8) is 0 Å². The van der Waals surface area contributed by atoms with Crippen LogP contribution in [0.5, 0.6) is 0 Å². The quantitative estimate of drug-likeness (QED) is 0.658. The first-order valence-electron chi connectivity index (χ1n) is 7.01. The second-order valence-electron chi connectivity index (χ2n) is 5.85. The molecule has 0 bridgehead atoms. The maximum atomic E-state index is 13.8. The molecule has 2 aromatic carbocycles. The van der Waals surface area contributed by atoms with E-state index in [0.717, 1.165) is 18.4 Å². The Bertz CT molecular complexity index is 606. The van der Waals surface area contributed by atoms with Crippen LogP contribution in [0, 0.1) is 19.7 Å². The van der Waals surface area contributed by atoms with Gasteiger partial charge in [-0.15, -0.1) is 11.6 Å². The minimum Gasteiger partial charge on any atom is -0.206 e. The van der Waals surface area contributed by atoms with Gasteiger partial charge in [-0.3, -0.25) is 0 Å². The molecule has 104 valence electrons. The first kappa shape index (κ1) is 13.6. The van der Waals surface area contributed by atoms with E-state index in [4.69, 9.17) is 11.6 Å². The number of rotatable bonds is 3. The van der Waals surface area contributed by atoms with Gasteiger partial charge in [0.1, 0.15) is 5.82 Å². The summed E-state index contributed by atoms with van der Waals surface area (Å²) >= 11 is 6.77. The van der Waals surface area contributed by atoms with Crippen LogP contribution in [-0.2, 0) is 5.41 Å². The molecule has 0 aromatic heterocycles. The molecule has 0 radical (unpaired) electrons. The van der Waals surface area contributed by atoms with Crippen molar-refractivity contribution in [2.24, 2.45) is 0 Å². The van der Waals surface area contributed by atoms with Crippen molar-refractivity contribution in [2.75, 3.05) is 0 Å². The van der Waals surface area contributed by atoms with Crippen LogP contribution >= 0.6 is 11.6 Å². The van der Waals surface area contributed by atoms with E-state index in [1.165, 1.54) is 5.56 Å². The third-order valence-electron chi connectivity index (χ3n) is 4.37. The maximum absolute atomic E-state index is 13.8. The summed E-state index contributed by atoms with van der Waals surface area (Å²) in [6.45, 7) is 3.61. The third-order valence-corrected chi connectivity index (χ3v) is 5.04. The minimum absolute atomic E-state index is 0.0273. The summed E-state index contributed by atoms with van der Waals surface area (Å²) in [6, 6.07) is 14.2. The summed E-state index contributed by atoms with van der Waals surface area (Å²) in [6.07, 6.45) is 2.20. The van der Waals surface area contributed by atoms with Crippen LogP contribution < -0.4 is 0 Å². The van der Waals surface area contributed by atoms with Gasteiger partial charge >= 0.3 is 0 Å². The Morgan fingerprint density at radius 2 is 1.60 bits per heavy atom. The SMILES string of the molecule is Cc1cc(C(Cl)C2(c3ccccc3)CC2)cc(C)c1F.